The van der Waals surface area contributed by atoms with Crippen LogP contribution in [-0.4, -0.2) is 33.4 Å². The molecule has 0 saturated carbocycles. The first-order valence-electron chi connectivity index (χ1n) is 9.73. The van der Waals surface area contributed by atoms with E-state index in [1.165, 1.54) is 6.08 Å². The number of hydrogen-bond donors (Lipinski definition) is 0. The highest BCUT2D eigenvalue weighted by atomic mass is 16.5. The summed E-state index contributed by atoms with van der Waals surface area (Å²) in [6, 6.07) is 11.4. The third-order valence-corrected chi connectivity index (χ3v) is 4.02. The summed E-state index contributed by atoms with van der Waals surface area (Å²) in [7, 11) is 3.15. The average Bonchev–Trinajstić information content (AvgIpc) is 2.76. The summed E-state index contributed by atoms with van der Waals surface area (Å²) >= 11 is 0. The Balaban J connectivity index is 2.13. The van der Waals surface area contributed by atoms with Crippen molar-refractivity contribution in [3.63, 3.8) is 0 Å². The van der Waals surface area contributed by atoms with E-state index in [-0.39, 0.29) is 5.97 Å². The smallest absolute Gasteiger partial charge is 0.330 e. The van der Waals surface area contributed by atoms with Gasteiger partial charge in [-0.1, -0.05) is 30.4 Å². The number of methoxy groups -OCH3 is 2. The lowest BCUT2D eigenvalue weighted by Crippen LogP contribution is -2.01. The van der Waals surface area contributed by atoms with Crippen LogP contribution in [0.4, 0.5) is 0 Å². The number of ether oxygens (including phenoxy) is 5. The highest BCUT2D eigenvalue weighted by molar-refractivity contribution is 5.82. The predicted octanol–water partition coefficient (Wildman–Crippen LogP) is 4.81. The Kier molecular flexibility index (Phi) is 9.31. The van der Waals surface area contributed by atoms with E-state index in [1.54, 1.807) is 33.3 Å². The number of benzene rings is 2. The van der Waals surface area contributed by atoms with Crippen molar-refractivity contribution < 1.29 is 28.5 Å². The number of esters is 1. The zero-order valence-corrected chi connectivity index (χ0v) is 17.8. The Hall–Kier alpha value is -3.41. The van der Waals surface area contributed by atoms with Gasteiger partial charge in [0.25, 0.3) is 0 Å². The predicted molar refractivity (Wildman–Crippen MR) is 116 cm³/mol. The van der Waals surface area contributed by atoms with E-state index in [1.807, 2.05) is 49.4 Å². The van der Waals surface area contributed by atoms with Gasteiger partial charge < -0.3 is 23.7 Å². The molecule has 2 aromatic carbocycles. The summed E-state index contributed by atoms with van der Waals surface area (Å²) in [6.07, 6.45) is 6.55. The Morgan fingerprint density at radius 2 is 1.57 bits per heavy atom. The minimum Gasteiger partial charge on any atom is -0.494 e. The van der Waals surface area contributed by atoms with Crippen LogP contribution in [0.3, 0.4) is 0 Å². The molecule has 0 bridgehead atoms. The van der Waals surface area contributed by atoms with E-state index in [0.29, 0.717) is 37.1 Å². The topological polar surface area (TPSA) is 63.2 Å². The van der Waals surface area contributed by atoms with Crippen molar-refractivity contribution in [3.8, 4) is 23.0 Å². The fraction of sp³-hybridized carbons (Fsp3) is 0.292. The average molecular weight is 412 g/mol. The summed E-state index contributed by atoms with van der Waals surface area (Å²) < 4.78 is 27.3. The Morgan fingerprint density at radius 3 is 2.13 bits per heavy atom. The molecule has 0 aliphatic rings. The molecule has 0 spiro atoms. The molecule has 2 rings (SSSR count). The van der Waals surface area contributed by atoms with Gasteiger partial charge in [-0.05, 0) is 49.2 Å². The largest absolute Gasteiger partial charge is 0.494 e. The van der Waals surface area contributed by atoms with Crippen LogP contribution >= 0.6 is 0 Å². The molecule has 2 aromatic rings. The molecule has 160 valence electrons. The molecule has 0 unspecified atom stereocenters. The molecule has 0 saturated heterocycles. The minimum atomic E-state index is -0.379. The van der Waals surface area contributed by atoms with Gasteiger partial charge in [0.1, 0.15) is 12.4 Å². The van der Waals surface area contributed by atoms with Crippen LogP contribution in [-0.2, 0) is 16.1 Å². The van der Waals surface area contributed by atoms with Crippen LogP contribution in [0, 0.1) is 0 Å². The number of hydrogen-bond acceptors (Lipinski definition) is 6. The second-order valence-electron chi connectivity index (χ2n) is 6.09. The molecule has 6 heteroatoms. The normalized spacial score (nSPS) is 10.9. The maximum Gasteiger partial charge on any atom is 0.330 e. The fourth-order valence-corrected chi connectivity index (χ4v) is 2.63. The lowest BCUT2D eigenvalue weighted by atomic mass is 10.1. The van der Waals surface area contributed by atoms with Gasteiger partial charge in [-0.15, -0.1) is 0 Å². The molecular formula is C24H28O6. The summed E-state index contributed by atoms with van der Waals surface area (Å²) in [5.74, 6) is 2.07. The van der Waals surface area contributed by atoms with Crippen LogP contribution in [0.5, 0.6) is 23.0 Å². The van der Waals surface area contributed by atoms with Gasteiger partial charge in [-0.2, -0.15) is 0 Å². The third kappa shape index (κ3) is 6.88. The fourth-order valence-electron chi connectivity index (χ4n) is 2.63. The van der Waals surface area contributed by atoms with Crippen LogP contribution in [0.15, 0.2) is 54.6 Å². The highest BCUT2D eigenvalue weighted by Crippen LogP contribution is 2.39. The van der Waals surface area contributed by atoms with E-state index in [0.717, 1.165) is 16.9 Å². The molecule has 0 amide bonds. The molecule has 0 radical (unpaired) electrons. The van der Waals surface area contributed by atoms with Crippen molar-refractivity contribution in [3.05, 3.63) is 65.8 Å². The lowest BCUT2D eigenvalue weighted by Gasteiger charge is -2.15. The van der Waals surface area contributed by atoms with Crippen molar-refractivity contribution in [2.75, 3.05) is 27.4 Å². The van der Waals surface area contributed by atoms with E-state index >= 15 is 0 Å². The highest BCUT2D eigenvalue weighted by Gasteiger charge is 2.14. The van der Waals surface area contributed by atoms with E-state index in [9.17, 15) is 4.79 Å². The van der Waals surface area contributed by atoms with Gasteiger partial charge in [-0.25, -0.2) is 4.79 Å². The summed E-state index contributed by atoms with van der Waals surface area (Å²) in [4.78, 5) is 11.3. The van der Waals surface area contributed by atoms with E-state index in [2.05, 4.69) is 0 Å². The number of carbonyl (C=O) groups excluding carboxylic acids is 1. The van der Waals surface area contributed by atoms with Crippen molar-refractivity contribution >= 4 is 12.0 Å². The van der Waals surface area contributed by atoms with Gasteiger partial charge in [0, 0.05) is 6.08 Å². The second kappa shape index (κ2) is 12.2. The zero-order valence-electron chi connectivity index (χ0n) is 17.8. The zero-order chi connectivity index (χ0) is 21.8. The molecule has 0 heterocycles. The van der Waals surface area contributed by atoms with Crippen molar-refractivity contribution in [2.45, 2.75) is 20.5 Å². The Morgan fingerprint density at radius 1 is 0.900 bits per heavy atom. The maximum atomic E-state index is 11.3. The SMILES string of the molecule is CCOC(=O)/C=C/C=C\c1cc(OC)c(OCc2ccc(OCC)cc2)c(OC)c1. The molecule has 0 aromatic heterocycles. The number of rotatable bonds is 11. The standard InChI is InChI=1S/C24H28O6/c1-5-28-20-13-11-18(12-14-20)17-30-24-21(26-3)15-19(16-22(24)27-4)9-7-8-10-23(25)29-6-2/h7-16H,5-6,17H2,1-4H3/b9-7-,10-8+. The first-order chi connectivity index (χ1) is 14.6. The Labute approximate surface area is 177 Å². The van der Waals surface area contributed by atoms with Gasteiger partial charge >= 0.3 is 5.97 Å². The van der Waals surface area contributed by atoms with Crippen LogP contribution in [0.25, 0.3) is 6.08 Å². The van der Waals surface area contributed by atoms with E-state index < -0.39 is 0 Å². The number of carbonyl (C=O) groups is 1. The summed E-state index contributed by atoms with van der Waals surface area (Å²) in [6.45, 7) is 5.05. The van der Waals surface area contributed by atoms with Gasteiger partial charge in [0.2, 0.25) is 5.75 Å². The molecular weight excluding hydrogens is 384 g/mol. The lowest BCUT2D eigenvalue weighted by molar-refractivity contribution is -0.137. The molecule has 0 aliphatic heterocycles. The first-order valence-corrected chi connectivity index (χ1v) is 9.73. The number of allylic oxidation sites excluding steroid dienone is 2. The first kappa shape index (κ1) is 22.9. The quantitative estimate of drug-likeness (QED) is 0.300. The van der Waals surface area contributed by atoms with Crippen LogP contribution < -0.4 is 18.9 Å². The monoisotopic (exact) mass is 412 g/mol. The summed E-state index contributed by atoms with van der Waals surface area (Å²) in [5, 5.41) is 0. The molecule has 30 heavy (non-hydrogen) atoms. The van der Waals surface area contributed by atoms with Crippen LogP contribution in [0.2, 0.25) is 0 Å². The van der Waals surface area contributed by atoms with Crippen LogP contribution in [0.1, 0.15) is 25.0 Å². The Bertz CT molecular complexity index is 843. The van der Waals surface area contributed by atoms with E-state index in [4.69, 9.17) is 23.7 Å². The van der Waals surface area contributed by atoms with Gasteiger partial charge in [0.05, 0.1) is 27.4 Å². The summed E-state index contributed by atoms with van der Waals surface area (Å²) in [5.41, 5.74) is 1.83. The van der Waals surface area contributed by atoms with Crippen molar-refractivity contribution in [1.29, 1.82) is 0 Å². The molecule has 0 atom stereocenters. The maximum absolute atomic E-state index is 11.3. The second-order valence-corrected chi connectivity index (χ2v) is 6.09. The van der Waals surface area contributed by atoms with Crippen molar-refractivity contribution in [1.82, 2.24) is 0 Å². The van der Waals surface area contributed by atoms with Gasteiger partial charge in [0.15, 0.2) is 11.5 Å². The molecule has 0 N–H and O–H groups in total. The van der Waals surface area contributed by atoms with Gasteiger partial charge in [-0.3, -0.25) is 0 Å². The third-order valence-electron chi connectivity index (χ3n) is 4.02. The van der Waals surface area contributed by atoms with Crippen molar-refractivity contribution in [2.24, 2.45) is 0 Å². The molecule has 6 nitrogen and oxygen atoms in total. The molecule has 0 aliphatic carbocycles. The minimum absolute atomic E-state index is 0.347. The molecule has 0 fully saturated rings.